The Morgan fingerprint density at radius 3 is 2.46 bits per heavy atom. The summed E-state index contributed by atoms with van der Waals surface area (Å²) in [5.41, 5.74) is 0.735. The van der Waals surface area contributed by atoms with Crippen LogP contribution in [0.4, 0.5) is 0 Å². The highest BCUT2D eigenvalue weighted by molar-refractivity contribution is 5.77. The first-order chi connectivity index (χ1) is 17.0. The molecule has 0 aromatic heterocycles. The molecular formula is C31H53NO5. The van der Waals surface area contributed by atoms with Gasteiger partial charge < -0.3 is 19.8 Å². The van der Waals surface area contributed by atoms with Crippen LogP contribution in [0.25, 0.3) is 0 Å². The summed E-state index contributed by atoms with van der Waals surface area (Å²) in [6, 6.07) is 0. The number of rotatable bonds is 10. The number of aliphatic hydroxyl groups is 2. The Labute approximate surface area is 225 Å². The van der Waals surface area contributed by atoms with E-state index in [0.29, 0.717) is 18.3 Å². The van der Waals surface area contributed by atoms with E-state index in [-0.39, 0.29) is 50.1 Å². The number of hydrogen-bond donors (Lipinski definition) is 2. The fraction of sp³-hybridized carbons (Fsp3) is 0.806. The molecule has 1 aliphatic heterocycles. The van der Waals surface area contributed by atoms with Crippen LogP contribution < -0.4 is 0 Å². The highest BCUT2D eigenvalue weighted by Gasteiger charge is 2.42. The van der Waals surface area contributed by atoms with Gasteiger partial charge in [-0.15, -0.1) is 0 Å². The van der Waals surface area contributed by atoms with Gasteiger partial charge in [0.05, 0.1) is 24.0 Å². The van der Waals surface area contributed by atoms with E-state index in [1.54, 1.807) is 0 Å². The predicted octanol–water partition coefficient (Wildman–Crippen LogP) is 5.67. The molecule has 7 atom stereocenters. The quantitative estimate of drug-likeness (QED) is 0.363. The Morgan fingerprint density at radius 1 is 1.14 bits per heavy atom. The third-order valence-electron chi connectivity index (χ3n) is 8.79. The van der Waals surface area contributed by atoms with Gasteiger partial charge in [-0.2, -0.15) is 0 Å². The second-order valence-corrected chi connectivity index (χ2v) is 12.2. The van der Waals surface area contributed by atoms with Crippen molar-refractivity contribution in [2.45, 2.75) is 118 Å². The minimum Gasteiger partial charge on any atom is -0.461 e. The van der Waals surface area contributed by atoms with E-state index in [1.807, 2.05) is 25.7 Å². The number of hydrogen-bond acceptors (Lipinski definition) is 5. The van der Waals surface area contributed by atoms with Crippen LogP contribution in [-0.2, 0) is 14.3 Å². The maximum Gasteiger partial charge on any atom is 0.311 e. The molecule has 0 aromatic rings. The van der Waals surface area contributed by atoms with Gasteiger partial charge in [-0.25, -0.2) is 0 Å². The SMILES string of the molecule is C.CCC(C)(C)C(=O)O[C@H]1C[C@@H](C)C=C2C=C[C@H](C)[C@H](CC[C@@H](O)C[C@@H](O)CC(=O)N3CCCCC3)[C@H]21. The zero-order valence-electron chi connectivity index (χ0n) is 23.1. The summed E-state index contributed by atoms with van der Waals surface area (Å²) in [5.74, 6) is 0.875. The molecule has 0 bridgehead atoms. The Bertz CT molecular complexity index is 812. The number of likely N-dealkylation sites (tertiary alicyclic amines) is 1. The molecule has 1 fully saturated rings. The van der Waals surface area contributed by atoms with E-state index >= 15 is 0 Å². The summed E-state index contributed by atoms with van der Waals surface area (Å²) in [7, 11) is 0. The predicted molar refractivity (Wildman–Crippen MR) is 149 cm³/mol. The van der Waals surface area contributed by atoms with Crippen LogP contribution in [0.5, 0.6) is 0 Å². The van der Waals surface area contributed by atoms with Gasteiger partial charge in [-0.1, -0.05) is 46.4 Å². The molecule has 212 valence electrons. The van der Waals surface area contributed by atoms with Crippen LogP contribution in [0.2, 0.25) is 0 Å². The lowest BCUT2D eigenvalue weighted by molar-refractivity contribution is -0.164. The molecule has 2 N–H and O–H groups in total. The van der Waals surface area contributed by atoms with Crippen molar-refractivity contribution < 1.29 is 24.5 Å². The second kappa shape index (κ2) is 13.9. The van der Waals surface area contributed by atoms with Crippen molar-refractivity contribution in [2.24, 2.45) is 29.1 Å². The maximum atomic E-state index is 13.0. The molecule has 3 aliphatic rings. The number of nitrogens with zero attached hydrogens (tertiary/aromatic N) is 1. The summed E-state index contributed by atoms with van der Waals surface area (Å²) in [6.45, 7) is 11.8. The van der Waals surface area contributed by atoms with Gasteiger partial charge in [0, 0.05) is 19.0 Å². The molecule has 1 saturated heterocycles. The summed E-state index contributed by atoms with van der Waals surface area (Å²) in [6.07, 6.45) is 11.5. The Hall–Kier alpha value is -1.66. The van der Waals surface area contributed by atoms with E-state index in [1.165, 1.54) is 5.57 Å². The third-order valence-corrected chi connectivity index (χ3v) is 8.79. The van der Waals surface area contributed by atoms with Gasteiger partial charge in [0.2, 0.25) is 5.91 Å². The van der Waals surface area contributed by atoms with Crippen molar-refractivity contribution in [3.8, 4) is 0 Å². The average Bonchev–Trinajstić information content (AvgIpc) is 2.83. The number of fused-ring (bicyclic) bond motifs is 1. The molecule has 0 aromatic carbocycles. The molecule has 3 rings (SSSR count). The molecule has 0 saturated carbocycles. The molecule has 1 amide bonds. The molecule has 0 unspecified atom stereocenters. The van der Waals surface area contributed by atoms with Gasteiger partial charge in [-0.05, 0) is 88.5 Å². The molecule has 37 heavy (non-hydrogen) atoms. The summed E-state index contributed by atoms with van der Waals surface area (Å²) < 4.78 is 6.18. The van der Waals surface area contributed by atoms with Gasteiger partial charge in [0.25, 0.3) is 0 Å². The van der Waals surface area contributed by atoms with Crippen molar-refractivity contribution in [3.05, 3.63) is 23.8 Å². The highest BCUT2D eigenvalue weighted by atomic mass is 16.5. The van der Waals surface area contributed by atoms with Crippen LogP contribution in [-0.4, -0.2) is 58.4 Å². The third kappa shape index (κ3) is 8.41. The van der Waals surface area contributed by atoms with E-state index in [9.17, 15) is 19.8 Å². The normalized spacial score (nSPS) is 29.4. The van der Waals surface area contributed by atoms with E-state index in [2.05, 4.69) is 32.1 Å². The molecule has 6 nitrogen and oxygen atoms in total. The average molecular weight is 520 g/mol. The van der Waals surface area contributed by atoms with E-state index < -0.39 is 17.6 Å². The molecule has 2 aliphatic carbocycles. The van der Waals surface area contributed by atoms with E-state index in [4.69, 9.17) is 4.74 Å². The molecule has 0 radical (unpaired) electrons. The Kier molecular flexibility index (Phi) is 11.9. The minimum atomic E-state index is -0.825. The summed E-state index contributed by atoms with van der Waals surface area (Å²) >= 11 is 0. The van der Waals surface area contributed by atoms with Crippen molar-refractivity contribution in [2.75, 3.05) is 13.1 Å². The molecule has 6 heteroatoms. The Morgan fingerprint density at radius 2 is 1.81 bits per heavy atom. The number of amides is 1. The number of piperidine rings is 1. The van der Waals surface area contributed by atoms with Gasteiger partial charge in [-0.3, -0.25) is 9.59 Å². The van der Waals surface area contributed by atoms with Gasteiger partial charge in [0.1, 0.15) is 6.10 Å². The fourth-order valence-electron chi connectivity index (χ4n) is 6.04. The smallest absolute Gasteiger partial charge is 0.311 e. The van der Waals surface area contributed by atoms with Crippen LogP contribution in [0, 0.1) is 29.1 Å². The van der Waals surface area contributed by atoms with Crippen LogP contribution >= 0.6 is 0 Å². The van der Waals surface area contributed by atoms with Crippen molar-refractivity contribution >= 4 is 11.9 Å². The first-order valence-corrected chi connectivity index (χ1v) is 14.3. The maximum absolute atomic E-state index is 13.0. The second-order valence-electron chi connectivity index (χ2n) is 12.2. The first kappa shape index (κ1) is 31.6. The number of carbonyl (C=O) groups is 2. The topological polar surface area (TPSA) is 87.1 Å². The zero-order valence-corrected chi connectivity index (χ0v) is 23.1. The number of aliphatic hydroxyl groups excluding tert-OH is 2. The number of ether oxygens (including phenoxy) is 1. The lowest BCUT2D eigenvalue weighted by Gasteiger charge is -2.44. The van der Waals surface area contributed by atoms with Crippen LogP contribution in [0.15, 0.2) is 23.8 Å². The van der Waals surface area contributed by atoms with Crippen LogP contribution in [0.1, 0.15) is 99.8 Å². The largest absolute Gasteiger partial charge is 0.461 e. The van der Waals surface area contributed by atoms with Crippen molar-refractivity contribution in [1.82, 2.24) is 4.90 Å². The van der Waals surface area contributed by atoms with Gasteiger partial charge in [0.15, 0.2) is 0 Å². The van der Waals surface area contributed by atoms with E-state index in [0.717, 1.165) is 51.6 Å². The minimum absolute atomic E-state index is 0. The highest BCUT2D eigenvalue weighted by Crippen LogP contribution is 2.45. The summed E-state index contributed by atoms with van der Waals surface area (Å²) in [5, 5.41) is 21.2. The molecular weight excluding hydrogens is 466 g/mol. The lowest BCUT2D eigenvalue weighted by Crippen LogP contribution is -2.43. The Balaban J connectivity index is 0.00000481. The monoisotopic (exact) mass is 519 g/mol. The number of esters is 1. The van der Waals surface area contributed by atoms with Crippen molar-refractivity contribution in [1.29, 1.82) is 0 Å². The number of carbonyl (C=O) groups excluding carboxylic acids is 2. The number of allylic oxidation sites excluding steroid dienone is 3. The first-order valence-electron chi connectivity index (χ1n) is 14.3. The fourth-order valence-corrected chi connectivity index (χ4v) is 6.04. The zero-order chi connectivity index (χ0) is 26.5. The lowest BCUT2D eigenvalue weighted by atomic mass is 9.65. The van der Waals surface area contributed by atoms with Gasteiger partial charge >= 0.3 is 5.97 Å². The summed E-state index contributed by atoms with van der Waals surface area (Å²) in [4.78, 5) is 27.3. The molecule has 1 heterocycles. The van der Waals surface area contributed by atoms with Crippen molar-refractivity contribution in [3.63, 3.8) is 0 Å². The molecule has 0 spiro atoms. The standard InChI is InChI=1S/C30H49NO5.CH4/c1-6-30(4,5)29(35)36-26-17-20(2)16-22-11-10-21(3)25(28(22)26)13-12-23(32)18-24(33)19-27(34)31-14-8-7-9-15-31;/h10-11,16,20-21,23-26,28,32-33H,6-9,12-15,17-19H2,1-5H3;1H4/t20-,21-,23+,24+,25-,26-,28-;/m0./s1. The van der Waals surface area contributed by atoms with Crippen LogP contribution in [0.3, 0.4) is 0 Å².